The van der Waals surface area contributed by atoms with Gasteiger partial charge in [-0.3, -0.25) is 0 Å². The maximum Gasteiger partial charge on any atom is 0.160 e. The molecule has 0 aliphatic rings. The number of hydrogen-bond acceptors (Lipinski definition) is 4. The Labute approximate surface area is 108 Å². The Morgan fingerprint density at radius 2 is 2.12 bits per heavy atom. The fourth-order valence-electron chi connectivity index (χ4n) is 1.78. The van der Waals surface area contributed by atoms with E-state index in [2.05, 4.69) is 25.4 Å². The molecule has 0 fully saturated rings. The molecule has 0 heterocycles. The van der Waals surface area contributed by atoms with Gasteiger partial charge in [-0.05, 0) is 37.8 Å². The molecule has 1 aromatic carbocycles. The van der Waals surface area contributed by atoms with Crippen LogP contribution in [0, 0.1) is 0 Å². The third-order valence-electron chi connectivity index (χ3n) is 2.65. The van der Waals surface area contributed by atoms with E-state index in [9.17, 15) is 5.11 Å². The number of phenols is 1. The number of aromatic hydroxyl groups is 1. The molecule has 0 saturated carbocycles. The summed E-state index contributed by atoms with van der Waals surface area (Å²) in [6, 6.07) is 6.16. The van der Waals surface area contributed by atoms with Gasteiger partial charge in [-0.1, -0.05) is 6.07 Å². The van der Waals surface area contributed by atoms with Gasteiger partial charge in [0, 0.05) is 17.8 Å². The summed E-state index contributed by atoms with van der Waals surface area (Å²) >= 11 is 1.83. The smallest absolute Gasteiger partial charge is 0.160 e. The second kappa shape index (κ2) is 6.77. The van der Waals surface area contributed by atoms with Gasteiger partial charge in [0.25, 0.3) is 0 Å². The van der Waals surface area contributed by atoms with Crippen LogP contribution < -0.4 is 10.1 Å². The summed E-state index contributed by atoms with van der Waals surface area (Å²) < 4.78 is 5.11. The Morgan fingerprint density at radius 1 is 1.41 bits per heavy atom. The lowest BCUT2D eigenvalue weighted by atomic mass is 10.1. The van der Waals surface area contributed by atoms with Gasteiger partial charge in [0.05, 0.1) is 7.11 Å². The first kappa shape index (κ1) is 14.2. The minimum Gasteiger partial charge on any atom is -0.504 e. The van der Waals surface area contributed by atoms with Gasteiger partial charge in [-0.15, -0.1) is 0 Å². The largest absolute Gasteiger partial charge is 0.504 e. The van der Waals surface area contributed by atoms with E-state index in [1.54, 1.807) is 13.2 Å². The van der Waals surface area contributed by atoms with Crippen molar-refractivity contribution in [3.8, 4) is 11.5 Å². The fraction of sp³-hybridized carbons (Fsp3) is 0.538. The SMILES string of the molecule is COc1cc(C(C)NC(C)CSC)ccc1O. The van der Waals surface area contributed by atoms with Crippen molar-refractivity contribution in [2.24, 2.45) is 0 Å². The quantitative estimate of drug-likeness (QED) is 0.820. The number of nitrogens with one attached hydrogen (secondary N) is 1. The molecule has 0 aromatic heterocycles. The number of thioether (sulfide) groups is 1. The van der Waals surface area contributed by atoms with Crippen LogP contribution in [0.15, 0.2) is 18.2 Å². The molecular weight excluding hydrogens is 234 g/mol. The van der Waals surface area contributed by atoms with Crippen molar-refractivity contribution in [2.45, 2.75) is 25.9 Å². The van der Waals surface area contributed by atoms with E-state index in [1.807, 2.05) is 23.9 Å². The molecule has 2 atom stereocenters. The molecule has 96 valence electrons. The van der Waals surface area contributed by atoms with Gasteiger partial charge >= 0.3 is 0 Å². The lowest BCUT2D eigenvalue weighted by molar-refractivity contribution is 0.372. The number of methoxy groups -OCH3 is 1. The standard InChI is InChI=1S/C13H21NO2S/c1-9(8-17-4)14-10(2)11-5-6-12(15)13(7-11)16-3/h5-7,9-10,14-15H,8H2,1-4H3. The predicted octanol–water partition coefficient (Wildman–Crippen LogP) is 2.80. The first-order chi connectivity index (χ1) is 8.08. The van der Waals surface area contributed by atoms with Gasteiger partial charge in [0.1, 0.15) is 0 Å². The Hall–Kier alpha value is -0.870. The molecule has 1 rings (SSSR count). The average Bonchev–Trinajstić information content (AvgIpc) is 2.29. The summed E-state index contributed by atoms with van der Waals surface area (Å²) in [7, 11) is 1.56. The van der Waals surface area contributed by atoms with Crippen molar-refractivity contribution in [1.82, 2.24) is 5.32 Å². The summed E-state index contributed by atoms with van der Waals surface area (Å²) in [5.41, 5.74) is 1.12. The minimum absolute atomic E-state index is 0.181. The minimum atomic E-state index is 0.181. The Kier molecular flexibility index (Phi) is 5.65. The molecule has 3 nitrogen and oxygen atoms in total. The van der Waals surface area contributed by atoms with Crippen LogP contribution in [0.2, 0.25) is 0 Å². The molecule has 4 heteroatoms. The van der Waals surface area contributed by atoms with E-state index in [1.165, 1.54) is 0 Å². The number of benzene rings is 1. The normalized spacial score (nSPS) is 14.4. The van der Waals surface area contributed by atoms with Crippen LogP contribution >= 0.6 is 11.8 Å². The van der Waals surface area contributed by atoms with E-state index >= 15 is 0 Å². The highest BCUT2D eigenvalue weighted by molar-refractivity contribution is 7.98. The van der Waals surface area contributed by atoms with Crippen molar-refractivity contribution in [3.05, 3.63) is 23.8 Å². The predicted molar refractivity (Wildman–Crippen MR) is 74.1 cm³/mol. The van der Waals surface area contributed by atoms with E-state index in [-0.39, 0.29) is 11.8 Å². The van der Waals surface area contributed by atoms with Crippen molar-refractivity contribution in [3.63, 3.8) is 0 Å². The molecule has 0 saturated heterocycles. The molecule has 2 unspecified atom stereocenters. The second-order valence-corrected chi connectivity index (χ2v) is 5.09. The van der Waals surface area contributed by atoms with E-state index < -0.39 is 0 Å². The van der Waals surface area contributed by atoms with Gasteiger partial charge in [-0.25, -0.2) is 0 Å². The molecule has 17 heavy (non-hydrogen) atoms. The highest BCUT2D eigenvalue weighted by atomic mass is 32.2. The van der Waals surface area contributed by atoms with Gasteiger partial charge in [-0.2, -0.15) is 11.8 Å². The van der Waals surface area contributed by atoms with E-state index in [0.29, 0.717) is 11.8 Å². The first-order valence-electron chi connectivity index (χ1n) is 5.70. The summed E-state index contributed by atoms with van der Waals surface area (Å²) in [6.45, 7) is 4.29. The summed E-state index contributed by atoms with van der Waals surface area (Å²) in [5.74, 6) is 1.79. The summed E-state index contributed by atoms with van der Waals surface area (Å²) in [6.07, 6.45) is 2.10. The Bertz CT molecular complexity index is 357. The zero-order chi connectivity index (χ0) is 12.8. The van der Waals surface area contributed by atoms with Gasteiger partial charge in [0.2, 0.25) is 0 Å². The van der Waals surface area contributed by atoms with E-state index in [4.69, 9.17) is 4.74 Å². The van der Waals surface area contributed by atoms with Crippen LogP contribution in [-0.4, -0.2) is 30.3 Å². The topological polar surface area (TPSA) is 41.5 Å². The van der Waals surface area contributed by atoms with Crippen LogP contribution in [0.25, 0.3) is 0 Å². The lowest BCUT2D eigenvalue weighted by Gasteiger charge is -2.20. The van der Waals surface area contributed by atoms with Crippen molar-refractivity contribution < 1.29 is 9.84 Å². The zero-order valence-electron chi connectivity index (χ0n) is 10.9. The van der Waals surface area contributed by atoms with Crippen LogP contribution in [0.1, 0.15) is 25.5 Å². The highest BCUT2D eigenvalue weighted by Gasteiger charge is 2.11. The maximum atomic E-state index is 9.53. The molecular formula is C13H21NO2S. The van der Waals surface area contributed by atoms with Crippen LogP contribution in [0.4, 0.5) is 0 Å². The summed E-state index contributed by atoms with van der Waals surface area (Å²) in [4.78, 5) is 0. The third-order valence-corrected chi connectivity index (χ3v) is 3.49. The second-order valence-electron chi connectivity index (χ2n) is 4.18. The third kappa shape index (κ3) is 4.13. The molecule has 0 radical (unpaired) electrons. The average molecular weight is 255 g/mol. The number of ether oxygens (including phenoxy) is 1. The molecule has 0 amide bonds. The zero-order valence-corrected chi connectivity index (χ0v) is 11.7. The highest BCUT2D eigenvalue weighted by Crippen LogP contribution is 2.28. The van der Waals surface area contributed by atoms with Gasteiger partial charge in [0.15, 0.2) is 11.5 Å². The maximum absolute atomic E-state index is 9.53. The summed E-state index contributed by atoms with van der Waals surface area (Å²) in [5, 5.41) is 13.0. The van der Waals surface area contributed by atoms with Crippen LogP contribution in [0.3, 0.4) is 0 Å². The van der Waals surface area contributed by atoms with Crippen LogP contribution in [0.5, 0.6) is 11.5 Å². The van der Waals surface area contributed by atoms with E-state index in [0.717, 1.165) is 11.3 Å². The van der Waals surface area contributed by atoms with Crippen LogP contribution in [-0.2, 0) is 0 Å². The number of phenolic OH excluding ortho intramolecular Hbond substituents is 1. The Balaban J connectivity index is 2.71. The first-order valence-corrected chi connectivity index (χ1v) is 7.09. The number of hydrogen-bond donors (Lipinski definition) is 2. The molecule has 1 aromatic rings. The van der Waals surface area contributed by atoms with Crippen molar-refractivity contribution in [2.75, 3.05) is 19.1 Å². The monoisotopic (exact) mass is 255 g/mol. The molecule has 0 bridgehead atoms. The lowest BCUT2D eigenvalue weighted by Crippen LogP contribution is -2.30. The molecule has 0 spiro atoms. The molecule has 0 aliphatic heterocycles. The molecule has 0 aliphatic carbocycles. The Morgan fingerprint density at radius 3 is 2.71 bits per heavy atom. The fourth-order valence-corrected chi connectivity index (χ4v) is 2.38. The molecule has 2 N–H and O–H groups in total. The number of rotatable bonds is 6. The van der Waals surface area contributed by atoms with Crippen molar-refractivity contribution in [1.29, 1.82) is 0 Å². The van der Waals surface area contributed by atoms with Gasteiger partial charge < -0.3 is 15.2 Å². The van der Waals surface area contributed by atoms with Crippen molar-refractivity contribution >= 4 is 11.8 Å².